The maximum atomic E-state index is 10.9. The Hall–Kier alpha value is -2.48. The Balaban J connectivity index is 1.89. The van der Waals surface area contributed by atoms with Gasteiger partial charge in [-0.05, 0) is 25.0 Å². The summed E-state index contributed by atoms with van der Waals surface area (Å²) in [6.07, 6.45) is 1.70. The fourth-order valence-electron chi connectivity index (χ4n) is 2.31. The molecule has 1 saturated heterocycles. The van der Waals surface area contributed by atoms with E-state index in [4.69, 9.17) is 15.0 Å². The molecule has 8 nitrogen and oxygen atoms in total. The first-order chi connectivity index (χ1) is 10.1. The van der Waals surface area contributed by atoms with E-state index in [1.807, 2.05) is 0 Å². The molecule has 2 N–H and O–H groups in total. The summed E-state index contributed by atoms with van der Waals surface area (Å²) in [5, 5.41) is 14.9. The second-order valence-corrected chi connectivity index (χ2v) is 4.88. The van der Waals surface area contributed by atoms with E-state index >= 15 is 0 Å². The summed E-state index contributed by atoms with van der Waals surface area (Å²) in [5.41, 5.74) is 5.99. The first-order valence-electron chi connectivity index (χ1n) is 6.61. The SMILES string of the molecule is Nc1ccc(-c2nc(C3CCOCC3)no2)cc1[N+](=O)[O-]. The number of hydrogen-bond acceptors (Lipinski definition) is 7. The van der Waals surface area contributed by atoms with Crippen LogP contribution in [-0.2, 0) is 4.74 Å². The Morgan fingerprint density at radius 2 is 2.10 bits per heavy atom. The molecule has 0 radical (unpaired) electrons. The second-order valence-electron chi connectivity index (χ2n) is 4.88. The number of benzene rings is 1. The van der Waals surface area contributed by atoms with Crippen LogP contribution in [0, 0.1) is 10.1 Å². The zero-order valence-corrected chi connectivity index (χ0v) is 11.2. The summed E-state index contributed by atoms with van der Waals surface area (Å²) in [6, 6.07) is 4.44. The standard InChI is InChI=1S/C13H14N4O4/c14-10-2-1-9(7-11(10)17(18)19)13-15-12(16-21-13)8-3-5-20-6-4-8/h1-2,7-8H,3-6,14H2. The minimum atomic E-state index is -0.533. The van der Waals surface area contributed by atoms with E-state index in [2.05, 4.69) is 10.1 Å². The van der Waals surface area contributed by atoms with Gasteiger partial charge in [-0.3, -0.25) is 10.1 Å². The largest absolute Gasteiger partial charge is 0.393 e. The maximum Gasteiger partial charge on any atom is 0.292 e. The normalized spacial score (nSPS) is 16.0. The quantitative estimate of drug-likeness (QED) is 0.522. The third-order valence-corrected chi connectivity index (χ3v) is 3.50. The van der Waals surface area contributed by atoms with Gasteiger partial charge in [-0.2, -0.15) is 4.98 Å². The third kappa shape index (κ3) is 2.70. The molecule has 2 aromatic rings. The third-order valence-electron chi connectivity index (χ3n) is 3.50. The molecule has 21 heavy (non-hydrogen) atoms. The monoisotopic (exact) mass is 290 g/mol. The molecule has 1 aromatic heterocycles. The van der Waals surface area contributed by atoms with E-state index in [1.54, 1.807) is 6.07 Å². The number of ether oxygens (including phenoxy) is 1. The van der Waals surface area contributed by atoms with Crippen molar-refractivity contribution in [1.82, 2.24) is 10.1 Å². The summed E-state index contributed by atoms with van der Waals surface area (Å²) in [6.45, 7) is 1.36. The number of anilines is 1. The van der Waals surface area contributed by atoms with Crippen molar-refractivity contribution in [1.29, 1.82) is 0 Å². The number of rotatable bonds is 3. The highest BCUT2D eigenvalue weighted by Gasteiger charge is 2.22. The molecule has 0 bridgehead atoms. The first-order valence-corrected chi connectivity index (χ1v) is 6.61. The van der Waals surface area contributed by atoms with Crippen LogP contribution < -0.4 is 5.73 Å². The molecule has 0 atom stereocenters. The van der Waals surface area contributed by atoms with Gasteiger partial charge in [0.1, 0.15) is 5.69 Å². The Labute approximate surface area is 120 Å². The maximum absolute atomic E-state index is 10.9. The van der Waals surface area contributed by atoms with Crippen molar-refractivity contribution < 1.29 is 14.2 Å². The molecular weight excluding hydrogens is 276 g/mol. The first kappa shape index (κ1) is 13.5. The van der Waals surface area contributed by atoms with Gasteiger partial charge in [-0.1, -0.05) is 5.16 Å². The molecule has 0 saturated carbocycles. The predicted octanol–water partition coefficient (Wildman–Crippen LogP) is 2.12. The average Bonchev–Trinajstić information content (AvgIpc) is 2.98. The van der Waals surface area contributed by atoms with Gasteiger partial charge in [-0.25, -0.2) is 0 Å². The number of nitro groups is 1. The second kappa shape index (κ2) is 5.49. The molecule has 0 amide bonds. The van der Waals surface area contributed by atoms with Gasteiger partial charge in [0.2, 0.25) is 0 Å². The lowest BCUT2D eigenvalue weighted by molar-refractivity contribution is -0.383. The molecule has 8 heteroatoms. The van der Waals surface area contributed by atoms with Gasteiger partial charge in [-0.15, -0.1) is 0 Å². The molecular formula is C13H14N4O4. The van der Waals surface area contributed by atoms with E-state index in [1.165, 1.54) is 12.1 Å². The van der Waals surface area contributed by atoms with Crippen LogP contribution in [0.15, 0.2) is 22.7 Å². The van der Waals surface area contributed by atoms with Crippen molar-refractivity contribution in [2.24, 2.45) is 0 Å². The topological polar surface area (TPSA) is 117 Å². The lowest BCUT2D eigenvalue weighted by Crippen LogP contribution is -2.15. The van der Waals surface area contributed by atoms with Crippen molar-refractivity contribution >= 4 is 11.4 Å². The minimum Gasteiger partial charge on any atom is -0.393 e. The zero-order valence-electron chi connectivity index (χ0n) is 11.2. The van der Waals surface area contributed by atoms with Crippen molar-refractivity contribution in [3.63, 3.8) is 0 Å². The van der Waals surface area contributed by atoms with Crippen molar-refractivity contribution in [3.05, 3.63) is 34.1 Å². The number of nitro benzene ring substituents is 1. The number of nitrogens with zero attached hydrogens (tertiary/aromatic N) is 3. The smallest absolute Gasteiger partial charge is 0.292 e. The van der Waals surface area contributed by atoms with Crippen molar-refractivity contribution in [2.75, 3.05) is 18.9 Å². The van der Waals surface area contributed by atoms with Gasteiger partial charge >= 0.3 is 0 Å². The van der Waals surface area contributed by atoms with E-state index in [9.17, 15) is 10.1 Å². The molecule has 0 spiro atoms. The highest BCUT2D eigenvalue weighted by Crippen LogP contribution is 2.30. The zero-order chi connectivity index (χ0) is 14.8. The average molecular weight is 290 g/mol. The van der Waals surface area contributed by atoms with Crippen molar-refractivity contribution in [3.8, 4) is 11.5 Å². The van der Waals surface area contributed by atoms with Crippen LogP contribution >= 0.6 is 0 Å². The summed E-state index contributed by atoms with van der Waals surface area (Å²) < 4.78 is 10.5. The van der Waals surface area contributed by atoms with Crippen LogP contribution in [0.1, 0.15) is 24.6 Å². The van der Waals surface area contributed by atoms with E-state index in [0.717, 1.165) is 12.8 Å². The number of nitrogens with two attached hydrogens (primary N) is 1. The molecule has 3 rings (SSSR count). The Kier molecular flexibility index (Phi) is 3.53. The highest BCUT2D eigenvalue weighted by atomic mass is 16.6. The molecule has 0 aliphatic carbocycles. The summed E-state index contributed by atoms with van der Waals surface area (Å²) in [7, 11) is 0. The van der Waals surface area contributed by atoms with Crippen LogP contribution in [-0.4, -0.2) is 28.3 Å². The number of hydrogen-bond donors (Lipinski definition) is 1. The van der Waals surface area contributed by atoms with Gasteiger partial charge in [0.05, 0.1) is 4.92 Å². The Bertz CT molecular complexity index is 664. The molecule has 1 aliphatic rings. The fourth-order valence-corrected chi connectivity index (χ4v) is 2.31. The summed E-state index contributed by atoms with van der Waals surface area (Å²) >= 11 is 0. The Morgan fingerprint density at radius 1 is 1.33 bits per heavy atom. The lowest BCUT2D eigenvalue weighted by atomic mass is 10.00. The van der Waals surface area contributed by atoms with Crippen LogP contribution in [0.5, 0.6) is 0 Å². The molecule has 1 fully saturated rings. The van der Waals surface area contributed by atoms with Crippen LogP contribution in [0.25, 0.3) is 11.5 Å². The molecule has 110 valence electrons. The summed E-state index contributed by atoms with van der Waals surface area (Å²) in [4.78, 5) is 14.7. The predicted molar refractivity (Wildman–Crippen MR) is 73.6 cm³/mol. The van der Waals surface area contributed by atoms with Crippen LogP contribution in [0.3, 0.4) is 0 Å². The number of nitrogen functional groups attached to an aromatic ring is 1. The molecule has 1 aliphatic heterocycles. The molecule has 2 heterocycles. The van der Waals surface area contributed by atoms with Crippen LogP contribution in [0.4, 0.5) is 11.4 Å². The highest BCUT2D eigenvalue weighted by molar-refractivity contribution is 5.67. The number of aromatic nitrogens is 2. The van der Waals surface area contributed by atoms with E-state index < -0.39 is 4.92 Å². The van der Waals surface area contributed by atoms with Crippen LogP contribution in [0.2, 0.25) is 0 Å². The lowest BCUT2D eigenvalue weighted by Gasteiger charge is -2.18. The van der Waals surface area contributed by atoms with Crippen molar-refractivity contribution in [2.45, 2.75) is 18.8 Å². The fraction of sp³-hybridized carbons (Fsp3) is 0.385. The van der Waals surface area contributed by atoms with Gasteiger partial charge < -0.3 is 15.0 Å². The van der Waals surface area contributed by atoms with E-state index in [-0.39, 0.29) is 23.2 Å². The van der Waals surface area contributed by atoms with E-state index in [0.29, 0.717) is 24.6 Å². The van der Waals surface area contributed by atoms with Gasteiger partial charge in [0, 0.05) is 30.8 Å². The van der Waals surface area contributed by atoms with Gasteiger partial charge in [0.25, 0.3) is 11.6 Å². The minimum absolute atomic E-state index is 0.105. The molecule has 1 aromatic carbocycles. The molecule has 0 unspecified atom stereocenters. The Morgan fingerprint density at radius 3 is 2.81 bits per heavy atom. The van der Waals surface area contributed by atoms with Gasteiger partial charge in [0.15, 0.2) is 5.82 Å². The summed E-state index contributed by atoms with van der Waals surface area (Å²) in [5.74, 6) is 1.09.